The quantitative estimate of drug-likeness (QED) is 0.668. The van der Waals surface area contributed by atoms with Gasteiger partial charge in [0, 0.05) is 20.3 Å². The van der Waals surface area contributed by atoms with Crippen LogP contribution in [0.2, 0.25) is 0 Å². The molecule has 0 aromatic heterocycles. The fourth-order valence-corrected chi connectivity index (χ4v) is 5.56. The third kappa shape index (κ3) is 1.55. The van der Waals surface area contributed by atoms with Gasteiger partial charge in [0.2, 0.25) is 0 Å². The molecule has 0 nitrogen and oxygen atoms in total. The lowest BCUT2D eigenvalue weighted by atomic mass is 9.96. The van der Waals surface area contributed by atoms with Crippen LogP contribution >= 0.6 is 23.5 Å². The van der Waals surface area contributed by atoms with Crippen molar-refractivity contribution in [2.75, 3.05) is 0 Å². The lowest BCUT2D eigenvalue weighted by Gasteiger charge is -2.08. The van der Waals surface area contributed by atoms with Crippen LogP contribution in [0, 0.1) is 0 Å². The maximum Gasteiger partial charge on any atom is 0.0114 e. The molecule has 2 atom stereocenters. The highest BCUT2D eigenvalue weighted by Gasteiger charge is 2.25. The molecule has 0 radical (unpaired) electrons. The van der Waals surface area contributed by atoms with Crippen molar-refractivity contribution >= 4 is 34.3 Å². The van der Waals surface area contributed by atoms with E-state index in [0.29, 0.717) is 0 Å². The van der Waals surface area contributed by atoms with E-state index in [0.717, 1.165) is 10.5 Å². The normalized spacial score (nSPS) is 25.4. The van der Waals surface area contributed by atoms with Gasteiger partial charge in [-0.2, -0.15) is 0 Å². The van der Waals surface area contributed by atoms with Crippen molar-refractivity contribution in [2.45, 2.75) is 47.0 Å². The Morgan fingerprint density at radius 1 is 0.778 bits per heavy atom. The monoisotopic (exact) mass is 272 g/mol. The zero-order chi connectivity index (χ0) is 12.3. The number of benzene rings is 2. The summed E-state index contributed by atoms with van der Waals surface area (Å²) in [6.45, 7) is 4.67. The Morgan fingerprint density at radius 2 is 1.22 bits per heavy atom. The minimum Gasteiger partial charge on any atom is -0.122 e. The highest BCUT2D eigenvalue weighted by atomic mass is 32.2. The second-order valence-electron chi connectivity index (χ2n) is 5.44. The van der Waals surface area contributed by atoms with Crippen molar-refractivity contribution in [3.05, 3.63) is 35.4 Å². The first-order chi connectivity index (χ1) is 8.72. The molecular formula is C16H16S2. The van der Waals surface area contributed by atoms with Gasteiger partial charge in [0.25, 0.3) is 0 Å². The summed E-state index contributed by atoms with van der Waals surface area (Å²) in [5.74, 6) is 0. The summed E-state index contributed by atoms with van der Waals surface area (Å²) < 4.78 is 0. The van der Waals surface area contributed by atoms with Crippen molar-refractivity contribution in [1.29, 1.82) is 0 Å². The van der Waals surface area contributed by atoms with Crippen LogP contribution in [0.4, 0.5) is 0 Å². The molecule has 0 fully saturated rings. The first-order valence-corrected chi connectivity index (χ1v) is 8.39. The summed E-state index contributed by atoms with van der Waals surface area (Å²) >= 11 is 4.07. The standard InChI is InChI=1S/C16H16S2/c1-9-7-13-11-4-6-16-14(8-10(2)18-16)12(11)3-5-15(13)17-9/h3-6,9-10H,7-8H2,1-2H3. The van der Waals surface area contributed by atoms with Crippen LogP contribution in [-0.4, -0.2) is 10.5 Å². The summed E-state index contributed by atoms with van der Waals surface area (Å²) in [7, 11) is 0. The molecule has 2 aromatic rings. The topological polar surface area (TPSA) is 0 Å². The van der Waals surface area contributed by atoms with Gasteiger partial charge >= 0.3 is 0 Å². The summed E-state index contributed by atoms with van der Waals surface area (Å²) in [6.07, 6.45) is 2.47. The lowest BCUT2D eigenvalue weighted by Crippen LogP contribution is -1.95. The van der Waals surface area contributed by atoms with E-state index < -0.39 is 0 Å². The van der Waals surface area contributed by atoms with E-state index >= 15 is 0 Å². The number of hydrogen-bond donors (Lipinski definition) is 0. The maximum atomic E-state index is 2.36. The molecule has 0 N–H and O–H groups in total. The average Bonchev–Trinajstić information content (AvgIpc) is 2.89. The maximum absolute atomic E-state index is 2.36. The Labute approximate surface area is 117 Å². The van der Waals surface area contributed by atoms with E-state index in [-0.39, 0.29) is 0 Å². The van der Waals surface area contributed by atoms with Gasteiger partial charge < -0.3 is 0 Å². The van der Waals surface area contributed by atoms with Gasteiger partial charge in [-0.15, -0.1) is 23.5 Å². The molecule has 2 aliphatic rings. The van der Waals surface area contributed by atoms with Gasteiger partial charge in [-0.3, -0.25) is 0 Å². The van der Waals surface area contributed by atoms with Crippen molar-refractivity contribution in [1.82, 2.24) is 0 Å². The molecule has 0 saturated heterocycles. The van der Waals surface area contributed by atoms with Crippen molar-refractivity contribution < 1.29 is 0 Å². The summed E-state index contributed by atoms with van der Waals surface area (Å²) in [4.78, 5) is 3.02. The predicted octanol–water partition coefficient (Wildman–Crippen LogP) is 4.91. The molecule has 0 saturated carbocycles. The molecule has 2 aromatic carbocycles. The molecule has 92 valence electrons. The Kier molecular flexibility index (Phi) is 2.46. The Bertz CT molecular complexity index is 588. The Morgan fingerprint density at radius 3 is 1.67 bits per heavy atom. The average molecular weight is 272 g/mol. The molecule has 0 bridgehead atoms. The van der Waals surface area contributed by atoms with E-state index in [1.807, 2.05) is 23.5 Å². The van der Waals surface area contributed by atoms with Crippen LogP contribution < -0.4 is 0 Å². The predicted molar refractivity (Wildman–Crippen MR) is 82.0 cm³/mol. The first-order valence-electron chi connectivity index (χ1n) is 6.63. The first kappa shape index (κ1) is 11.2. The van der Waals surface area contributed by atoms with Gasteiger partial charge in [0.05, 0.1) is 0 Å². The van der Waals surface area contributed by atoms with Gasteiger partial charge in [-0.05, 0) is 46.9 Å². The molecule has 4 rings (SSSR count). The zero-order valence-corrected chi connectivity index (χ0v) is 12.3. The van der Waals surface area contributed by atoms with E-state index in [1.165, 1.54) is 33.4 Å². The molecule has 2 heterocycles. The second kappa shape index (κ2) is 3.94. The summed E-state index contributed by atoms with van der Waals surface area (Å²) in [5.41, 5.74) is 3.19. The highest BCUT2D eigenvalue weighted by Crippen LogP contribution is 2.45. The van der Waals surface area contributed by atoms with E-state index in [2.05, 4.69) is 38.1 Å². The van der Waals surface area contributed by atoms with Crippen LogP contribution in [0.1, 0.15) is 25.0 Å². The van der Waals surface area contributed by atoms with E-state index in [9.17, 15) is 0 Å². The Hall–Kier alpha value is -0.600. The van der Waals surface area contributed by atoms with Gasteiger partial charge in [-0.1, -0.05) is 26.0 Å². The van der Waals surface area contributed by atoms with Gasteiger partial charge in [0.15, 0.2) is 0 Å². The highest BCUT2D eigenvalue weighted by molar-refractivity contribution is 8.00. The second-order valence-corrected chi connectivity index (χ2v) is 8.41. The molecule has 2 heteroatoms. The fraction of sp³-hybridized carbons (Fsp3) is 0.375. The third-order valence-electron chi connectivity index (χ3n) is 3.98. The van der Waals surface area contributed by atoms with Crippen molar-refractivity contribution in [3.8, 4) is 0 Å². The Balaban J connectivity index is 2.00. The number of rotatable bonds is 0. The molecule has 2 unspecified atom stereocenters. The number of hydrogen-bond acceptors (Lipinski definition) is 2. The molecule has 0 aliphatic carbocycles. The van der Waals surface area contributed by atoms with Gasteiger partial charge in [0.1, 0.15) is 0 Å². The van der Waals surface area contributed by atoms with Crippen LogP contribution in [0.25, 0.3) is 10.8 Å². The summed E-state index contributed by atoms with van der Waals surface area (Å²) in [6, 6.07) is 9.41. The smallest absolute Gasteiger partial charge is 0.0114 e. The van der Waals surface area contributed by atoms with E-state index in [4.69, 9.17) is 0 Å². The van der Waals surface area contributed by atoms with Gasteiger partial charge in [-0.25, -0.2) is 0 Å². The van der Waals surface area contributed by atoms with Crippen LogP contribution in [-0.2, 0) is 12.8 Å². The largest absolute Gasteiger partial charge is 0.122 e. The van der Waals surface area contributed by atoms with Crippen molar-refractivity contribution in [2.24, 2.45) is 0 Å². The minimum atomic E-state index is 0.743. The molecule has 2 aliphatic heterocycles. The van der Waals surface area contributed by atoms with Crippen molar-refractivity contribution in [3.63, 3.8) is 0 Å². The van der Waals surface area contributed by atoms with Crippen LogP contribution in [0.5, 0.6) is 0 Å². The van der Waals surface area contributed by atoms with E-state index in [1.54, 1.807) is 11.1 Å². The van der Waals surface area contributed by atoms with Crippen LogP contribution in [0.3, 0.4) is 0 Å². The molecule has 18 heavy (non-hydrogen) atoms. The molecule has 0 spiro atoms. The fourth-order valence-electron chi connectivity index (χ4n) is 3.22. The SMILES string of the molecule is CC1Cc2c(ccc3c4c(ccc23)SC(C)C4)S1. The molecular weight excluding hydrogens is 256 g/mol. The van der Waals surface area contributed by atoms with Crippen LogP contribution in [0.15, 0.2) is 34.1 Å². The minimum absolute atomic E-state index is 0.743. The lowest BCUT2D eigenvalue weighted by molar-refractivity contribution is 0.960. The third-order valence-corrected chi connectivity index (χ3v) is 6.39. The number of thioether (sulfide) groups is 2. The molecule has 0 amide bonds. The zero-order valence-electron chi connectivity index (χ0n) is 10.7. The number of fused-ring (bicyclic) bond motifs is 5. The summed E-state index contributed by atoms with van der Waals surface area (Å²) in [5, 5.41) is 4.51.